The van der Waals surface area contributed by atoms with E-state index in [2.05, 4.69) is 4.74 Å². The molecule has 0 saturated heterocycles. The number of aryl methyl sites for hydroxylation is 1. The number of nitrogens with zero attached hydrogens (tertiary/aromatic N) is 1. The molecule has 110 valence electrons. The van der Waals surface area contributed by atoms with Crippen molar-refractivity contribution < 1.29 is 17.9 Å². The van der Waals surface area contributed by atoms with Gasteiger partial charge in [0.05, 0.1) is 5.71 Å². The normalized spacial score (nSPS) is 12.2. The molecular weight excluding hydrogens is 293 g/mol. The quantitative estimate of drug-likeness (QED) is 0.665. The molecule has 0 atom stereocenters. The molecule has 0 aromatic heterocycles. The highest BCUT2D eigenvalue weighted by atomic mass is 35.5. The topological polar surface area (TPSA) is 36.3 Å². The third-order valence-electron chi connectivity index (χ3n) is 2.46. The van der Waals surface area contributed by atoms with E-state index in [1.165, 1.54) is 44.1 Å². The summed E-state index contributed by atoms with van der Waals surface area (Å²) in [4.78, 5) is 1.24. The molecule has 0 spiro atoms. The van der Waals surface area contributed by atoms with Crippen LogP contribution in [0.1, 0.15) is 11.1 Å². The van der Waals surface area contributed by atoms with Crippen LogP contribution in [0.3, 0.4) is 0 Å². The first-order valence-corrected chi connectivity index (χ1v) is 5.99. The van der Waals surface area contributed by atoms with Crippen molar-refractivity contribution in [3.8, 4) is 0 Å². The van der Waals surface area contributed by atoms with Crippen LogP contribution >= 0.6 is 11.6 Å². The Morgan fingerprint density at radius 1 is 1.35 bits per heavy atom. The van der Waals surface area contributed by atoms with Crippen molar-refractivity contribution >= 4 is 17.3 Å². The van der Waals surface area contributed by atoms with Gasteiger partial charge in [0, 0.05) is 19.7 Å². The number of nitrogens with one attached hydrogen (secondary N) is 1. The lowest BCUT2D eigenvalue weighted by atomic mass is 10.1. The molecule has 7 heteroatoms. The molecule has 0 aliphatic rings. The van der Waals surface area contributed by atoms with Gasteiger partial charge in [-0.05, 0) is 30.7 Å². The number of ether oxygens (including phenoxy) is 1. The highest BCUT2D eigenvalue weighted by molar-refractivity contribution is 6.45. The Labute approximate surface area is 120 Å². The van der Waals surface area contributed by atoms with Crippen LogP contribution in [0.4, 0.5) is 13.2 Å². The molecule has 0 aliphatic heterocycles. The zero-order valence-electron chi connectivity index (χ0n) is 11.2. The molecule has 0 radical (unpaired) electrons. The molecular formula is C13H14ClF3N2O. The lowest BCUT2D eigenvalue weighted by Crippen LogP contribution is -2.20. The predicted molar refractivity (Wildman–Crippen MR) is 71.6 cm³/mol. The first-order valence-electron chi connectivity index (χ1n) is 5.61. The standard InChI is InChI=1S/C13H14ClF3N2O/c1-7-6-8(4-5-9(7)15)11(18)10(14)12(19(2)3)20-13(16)17/h4-6,13,18H,1-3H3/b12-10-,18-11?. The van der Waals surface area contributed by atoms with E-state index >= 15 is 0 Å². The monoisotopic (exact) mass is 306 g/mol. The van der Waals surface area contributed by atoms with Crippen molar-refractivity contribution in [2.24, 2.45) is 0 Å². The molecule has 1 aromatic carbocycles. The molecule has 1 aromatic rings. The maximum absolute atomic E-state index is 13.2. The van der Waals surface area contributed by atoms with E-state index in [4.69, 9.17) is 17.0 Å². The first-order chi connectivity index (χ1) is 9.23. The zero-order valence-corrected chi connectivity index (χ0v) is 11.9. The van der Waals surface area contributed by atoms with Crippen LogP contribution in [-0.2, 0) is 4.74 Å². The van der Waals surface area contributed by atoms with Gasteiger partial charge in [0.2, 0.25) is 5.88 Å². The van der Waals surface area contributed by atoms with Crippen LogP contribution < -0.4 is 0 Å². The third kappa shape index (κ3) is 3.90. The minimum atomic E-state index is -3.05. The zero-order chi connectivity index (χ0) is 15.4. The Morgan fingerprint density at radius 2 is 1.95 bits per heavy atom. The molecule has 0 aliphatic carbocycles. The van der Waals surface area contributed by atoms with Gasteiger partial charge in [-0.2, -0.15) is 8.78 Å². The summed E-state index contributed by atoms with van der Waals surface area (Å²) in [6.45, 7) is -1.52. The van der Waals surface area contributed by atoms with Gasteiger partial charge in [0.15, 0.2) is 0 Å². The van der Waals surface area contributed by atoms with E-state index in [1.807, 2.05) is 0 Å². The van der Waals surface area contributed by atoms with Crippen LogP contribution in [0.15, 0.2) is 29.1 Å². The van der Waals surface area contributed by atoms with E-state index < -0.39 is 12.4 Å². The van der Waals surface area contributed by atoms with Crippen LogP contribution in [0, 0.1) is 18.2 Å². The molecule has 0 unspecified atom stereocenters. The summed E-state index contributed by atoms with van der Waals surface area (Å²) < 4.78 is 42.1. The van der Waals surface area contributed by atoms with Crippen LogP contribution in [0.5, 0.6) is 0 Å². The first kappa shape index (κ1) is 16.4. The summed E-state index contributed by atoms with van der Waals surface area (Å²) in [6.07, 6.45) is 0. The maximum atomic E-state index is 13.2. The third-order valence-corrected chi connectivity index (χ3v) is 2.81. The molecule has 1 N–H and O–H groups in total. The molecule has 0 bridgehead atoms. The van der Waals surface area contributed by atoms with Crippen molar-refractivity contribution in [2.75, 3.05) is 14.1 Å². The minimum absolute atomic E-state index is 0.223. The van der Waals surface area contributed by atoms with Gasteiger partial charge in [-0.3, -0.25) is 5.41 Å². The van der Waals surface area contributed by atoms with Gasteiger partial charge in [-0.1, -0.05) is 11.6 Å². The number of benzene rings is 1. The van der Waals surface area contributed by atoms with Crippen molar-refractivity contribution in [1.82, 2.24) is 4.90 Å². The molecule has 20 heavy (non-hydrogen) atoms. The Morgan fingerprint density at radius 3 is 2.40 bits per heavy atom. The fraction of sp³-hybridized carbons (Fsp3) is 0.308. The molecule has 1 rings (SSSR count). The molecule has 0 fully saturated rings. The summed E-state index contributed by atoms with van der Waals surface area (Å²) >= 11 is 5.92. The largest absolute Gasteiger partial charge is 0.417 e. The second-order valence-corrected chi connectivity index (χ2v) is 4.61. The fourth-order valence-electron chi connectivity index (χ4n) is 1.47. The smallest absolute Gasteiger partial charge is 0.388 e. The van der Waals surface area contributed by atoms with Gasteiger partial charge in [-0.15, -0.1) is 0 Å². The lowest BCUT2D eigenvalue weighted by Gasteiger charge is -2.19. The number of allylic oxidation sites excluding steroid dienone is 1. The molecule has 0 heterocycles. The van der Waals surface area contributed by atoms with Crippen molar-refractivity contribution in [1.29, 1.82) is 5.41 Å². The summed E-state index contributed by atoms with van der Waals surface area (Å²) in [7, 11) is 2.92. The highest BCUT2D eigenvalue weighted by Crippen LogP contribution is 2.22. The van der Waals surface area contributed by atoms with Crippen LogP contribution in [-0.4, -0.2) is 31.3 Å². The second kappa shape index (κ2) is 6.65. The second-order valence-electron chi connectivity index (χ2n) is 4.23. The Hall–Kier alpha value is -1.69. The van der Waals surface area contributed by atoms with Crippen LogP contribution in [0.2, 0.25) is 0 Å². The maximum Gasteiger partial charge on any atom is 0.388 e. The fourth-order valence-corrected chi connectivity index (χ4v) is 1.79. The number of hydrogen-bond donors (Lipinski definition) is 1. The molecule has 0 amide bonds. The van der Waals surface area contributed by atoms with E-state index in [0.29, 0.717) is 11.1 Å². The average molecular weight is 307 g/mol. The van der Waals surface area contributed by atoms with Gasteiger partial charge in [-0.25, -0.2) is 4.39 Å². The van der Waals surface area contributed by atoms with E-state index in [9.17, 15) is 13.2 Å². The number of rotatable bonds is 5. The van der Waals surface area contributed by atoms with Crippen LogP contribution in [0.25, 0.3) is 0 Å². The Bertz CT molecular complexity index is 544. The van der Waals surface area contributed by atoms with Gasteiger partial charge in [0.25, 0.3) is 0 Å². The van der Waals surface area contributed by atoms with E-state index in [-0.39, 0.29) is 16.6 Å². The Kier molecular flexibility index (Phi) is 5.44. The summed E-state index contributed by atoms with van der Waals surface area (Å²) in [5, 5.41) is 7.63. The predicted octanol–water partition coefficient (Wildman–Crippen LogP) is 3.71. The minimum Gasteiger partial charge on any atom is -0.417 e. The molecule has 3 nitrogen and oxygen atoms in total. The summed E-state index contributed by atoms with van der Waals surface area (Å²) in [5.74, 6) is -0.744. The van der Waals surface area contributed by atoms with Crippen molar-refractivity contribution in [2.45, 2.75) is 13.5 Å². The number of alkyl halides is 2. The Balaban J connectivity index is 3.18. The summed E-state index contributed by atoms with van der Waals surface area (Å²) in [5.41, 5.74) is 0.420. The molecule has 0 saturated carbocycles. The van der Waals surface area contributed by atoms with Gasteiger partial charge in [0.1, 0.15) is 10.8 Å². The van der Waals surface area contributed by atoms with Gasteiger partial charge >= 0.3 is 6.61 Å². The SMILES string of the molecule is Cc1cc(C(=N)/C(Cl)=C(/OC(F)F)N(C)C)ccc1F. The van der Waals surface area contributed by atoms with E-state index in [1.54, 1.807) is 0 Å². The number of halogens is 4. The van der Waals surface area contributed by atoms with Crippen molar-refractivity contribution in [3.05, 3.63) is 46.1 Å². The van der Waals surface area contributed by atoms with E-state index in [0.717, 1.165) is 0 Å². The summed E-state index contributed by atoms with van der Waals surface area (Å²) in [6, 6.07) is 3.95. The highest BCUT2D eigenvalue weighted by Gasteiger charge is 2.19. The van der Waals surface area contributed by atoms with Gasteiger partial charge < -0.3 is 9.64 Å². The number of hydrogen-bond acceptors (Lipinski definition) is 3. The van der Waals surface area contributed by atoms with Crippen molar-refractivity contribution in [3.63, 3.8) is 0 Å². The lowest BCUT2D eigenvalue weighted by molar-refractivity contribution is -0.113. The average Bonchev–Trinajstić information content (AvgIpc) is 2.37.